The Bertz CT molecular complexity index is 1120. The number of fused-ring (bicyclic) bond motifs is 3. The van der Waals surface area contributed by atoms with Crippen LogP contribution in [0.3, 0.4) is 0 Å². The number of carbonyl (C=O) groups excluding carboxylic acids is 1. The number of aromatic nitrogens is 1. The van der Waals surface area contributed by atoms with Gasteiger partial charge in [-0.1, -0.05) is 30.4 Å². The van der Waals surface area contributed by atoms with Crippen LogP contribution in [0, 0.1) is 0 Å². The molecule has 2 saturated heterocycles. The van der Waals surface area contributed by atoms with Crippen molar-refractivity contribution in [2.75, 3.05) is 5.32 Å². The Morgan fingerprint density at radius 1 is 1.13 bits per heavy atom. The predicted molar refractivity (Wildman–Crippen MR) is 114 cm³/mol. The summed E-state index contributed by atoms with van der Waals surface area (Å²) >= 11 is 0. The molecule has 156 valence electrons. The number of pyridine rings is 1. The second-order valence-corrected chi connectivity index (χ2v) is 10.1. The quantitative estimate of drug-likeness (QED) is 0.767. The number of nitrogens with one attached hydrogen (secondary N) is 1. The van der Waals surface area contributed by atoms with Gasteiger partial charge in [0.1, 0.15) is 0 Å². The van der Waals surface area contributed by atoms with Crippen molar-refractivity contribution < 1.29 is 13.2 Å². The van der Waals surface area contributed by atoms with E-state index in [2.05, 4.69) is 10.3 Å². The monoisotopic (exact) mass is 424 g/mol. The van der Waals surface area contributed by atoms with Crippen LogP contribution in [0.4, 0.5) is 5.69 Å². The van der Waals surface area contributed by atoms with E-state index >= 15 is 0 Å². The van der Waals surface area contributed by atoms with E-state index in [0.29, 0.717) is 23.3 Å². The largest absolute Gasteiger partial charge is 0.381 e. The van der Waals surface area contributed by atoms with Gasteiger partial charge in [0.05, 0.1) is 21.8 Å². The van der Waals surface area contributed by atoms with E-state index in [-0.39, 0.29) is 18.1 Å². The Morgan fingerprint density at radius 2 is 1.83 bits per heavy atom. The normalized spacial score (nSPS) is 25.3. The highest BCUT2D eigenvalue weighted by atomic mass is 32.2. The van der Waals surface area contributed by atoms with Gasteiger partial charge in [0.15, 0.2) is 0 Å². The summed E-state index contributed by atoms with van der Waals surface area (Å²) in [4.78, 5) is 16.7. The topological polar surface area (TPSA) is 105 Å². The molecule has 5 rings (SSSR count). The summed E-state index contributed by atoms with van der Waals surface area (Å²) in [6.07, 6.45) is 9.37. The van der Waals surface area contributed by atoms with Crippen LogP contribution in [-0.4, -0.2) is 41.7 Å². The van der Waals surface area contributed by atoms with E-state index < -0.39 is 15.9 Å². The lowest BCUT2D eigenvalue weighted by Gasteiger charge is -2.38. The standard InChI is InChI=1S/C22H24N4O3S/c23-22(27)19-13-24-20-8-4-7-18(20)21(19)25-14-11-15-9-10-16(12-14)26(15)30(28,29)17-5-2-1-3-6-17/h1-7,13-16H,8-12H2,(H2,23,27)(H,24,25)/t14?,15-,16+. The molecule has 3 atom stereocenters. The first-order valence-corrected chi connectivity index (χ1v) is 11.7. The van der Waals surface area contributed by atoms with Gasteiger partial charge in [-0.2, -0.15) is 4.31 Å². The van der Waals surface area contributed by atoms with Crippen molar-refractivity contribution in [1.82, 2.24) is 9.29 Å². The lowest BCUT2D eigenvalue weighted by Crippen LogP contribution is -2.49. The van der Waals surface area contributed by atoms with Crippen LogP contribution in [0.15, 0.2) is 47.5 Å². The molecule has 0 radical (unpaired) electrons. The number of anilines is 1. The van der Waals surface area contributed by atoms with Gasteiger partial charge in [-0.15, -0.1) is 0 Å². The summed E-state index contributed by atoms with van der Waals surface area (Å²) in [5.41, 5.74) is 8.54. The molecular formula is C22H24N4O3S. The van der Waals surface area contributed by atoms with E-state index in [1.807, 2.05) is 18.2 Å². The number of hydrogen-bond donors (Lipinski definition) is 2. The number of nitrogens with zero attached hydrogens (tertiary/aromatic N) is 2. The molecule has 7 nitrogen and oxygen atoms in total. The zero-order chi connectivity index (χ0) is 20.9. The highest BCUT2D eigenvalue weighted by Gasteiger charge is 2.47. The smallest absolute Gasteiger partial charge is 0.252 e. The number of nitrogens with two attached hydrogens (primary N) is 1. The third-order valence-corrected chi connectivity index (χ3v) is 8.41. The molecule has 8 heteroatoms. The van der Waals surface area contributed by atoms with Gasteiger partial charge in [0.2, 0.25) is 10.0 Å². The van der Waals surface area contributed by atoms with Crippen molar-refractivity contribution in [3.8, 4) is 0 Å². The number of benzene rings is 1. The van der Waals surface area contributed by atoms with Crippen molar-refractivity contribution in [1.29, 1.82) is 0 Å². The zero-order valence-corrected chi connectivity index (χ0v) is 17.3. The van der Waals surface area contributed by atoms with Crippen LogP contribution in [0.2, 0.25) is 0 Å². The lowest BCUT2D eigenvalue weighted by molar-refractivity contribution is 0.100. The molecule has 3 N–H and O–H groups in total. The molecular weight excluding hydrogens is 400 g/mol. The fourth-order valence-electron chi connectivity index (χ4n) is 5.10. The fraction of sp³-hybridized carbons (Fsp3) is 0.364. The number of hydrogen-bond acceptors (Lipinski definition) is 5. The Morgan fingerprint density at radius 3 is 2.50 bits per heavy atom. The molecule has 1 aromatic carbocycles. The summed E-state index contributed by atoms with van der Waals surface area (Å²) in [5, 5.41) is 3.53. The fourth-order valence-corrected chi connectivity index (χ4v) is 7.01. The van der Waals surface area contributed by atoms with E-state index in [9.17, 15) is 13.2 Å². The first-order chi connectivity index (χ1) is 14.4. The molecule has 1 unspecified atom stereocenters. The maximum absolute atomic E-state index is 13.2. The second kappa shape index (κ2) is 7.21. The molecule has 3 heterocycles. The maximum Gasteiger partial charge on any atom is 0.252 e. The number of sulfonamides is 1. The molecule has 0 saturated carbocycles. The molecule has 1 aliphatic carbocycles. The zero-order valence-electron chi connectivity index (χ0n) is 16.5. The molecule has 30 heavy (non-hydrogen) atoms. The van der Waals surface area contributed by atoms with E-state index in [4.69, 9.17) is 5.73 Å². The summed E-state index contributed by atoms with van der Waals surface area (Å²) < 4.78 is 28.2. The SMILES string of the molecule is NC(=O)c1cnc2c(c1NC1C[C@H]3CC[C@@H](C1)N3S(=O)(=O)c1ccccc1)C=CC2. The third-order valence-electron chi connectivity index (χ3n) is 6.39. The van der Waals surface area contributed by atoms with Crippen LogP contribution in [0.5, 0.6) is 0 Å². The van der Waals surface area contributed by atoms with Gasteiger partial charge in [0.25, 0.3) is 5.91 Å². The molecule has 3 aliphatic rings. The minimum Gasteiger partial charge on any atom is -0.381 e. The van der Waals surface area contributed by atoms with Gasteiger partial charge < -0.3 is 11.1 Å². The second-order valence-electron chi connectivity index (χ2n) is 8.22. The highest BCUT2D eigenvalue weighted by Crippen LogP contribution is 2.41. The predicted octanol–water partition coefficient (Wildman–Crippen LogP) is 2.55. The molecule has 1 aromatic heterocycles. The van der Waals surface area contributed by atoms with Crippen LogP contribution >= 0.6 is 0 Å². The van der Waals surface area contributed by atoms with Gasteiger partial charge in [0, 0.05) is 36.3 Å². The third kappa shape index (κ3) is 3.11. The van der Waals surface area contributed by atoms with E-state index in [1.54, 1.807) is 34.8 Å². The van der Waals surface area contributed by atoms with Crippen molar-refractivity contribution in [2.24, 2.45) is 5.73 Å². The Hall–Kier alpha value is -2.71. The van der Waals surface area contributed by atoms with Crippen molar-refractivity contribution in [3.63, 3.8) is 0 Å². The molecule has 2 fully saturated rings. The first-order valence-electron chi connectivity index (χ1n) is 10.3. The minimum absolute atomic E-state index is 0.0473. The average molecular weight is 425 g/mol. The first kappa shape index (κ1) is 19.3. The molecule has 2 aliphatic heterocycles. The summed E-state index contributed by atoms with van der Waals surface area (Å²) in [5.74, 6) is -0.514. The van der Waals surface area contributed by atoms with E-state index in [0.717, 1.165) is 36.2 Å². The van der Waals surface area contributed by atoms with Crippen molar-refractivity contribution in [3.05, 3.63) is 59.4 Å². The number of primary amides is 1. The van der Waals surface area contributed by atoms with Gasteiger partial charge in [-0.05, 0) is 37.8 Å². The van der Waals surface area contributed by atoms with Crippen LogP contribution in [0.1, 0.15) is 47.3 Å². The Balaban J connectivity index is 1.41. The number of piperidine rings is 1. The lowest BCUT2D eigenvalue weighted by atomic mass is 9.98. The van der Waals surface area contributed by atoms with Crippen LogP contribution in [-0.2, 0) is 16.4 Å². The number of allylic oxidation sites excluding steroid dienone is 1. The number of carbonyl (C=O) groups is 1. The highest BCUT2D eigenvalue weighted by molar-refractivity contribution is 7.89. The summed E-state index contributed by atoms with van der Waals surface area (Å²) in [6.45, 7) is 0. The van der Waals surface area contributed by atoms with Crippen LogP contribution < -0.4 is 11.1 Å². The molecule has 1 amide bonds. The van der Waals surface area contributed by atoms with Crippen molar-refractivity contribution in [2.45, 2.75) is 55.1 Å². The van der Waals surface area contributed by atoms with Gasteiger partial charge in [-0.25, -0.2) is 8.42 Å². The Kier molecular flexibility index (Phi) is 4.63. The van der Waals surface area contributed by atoms with Crippen LogP contribution in [0.25, 0.3) is 6.08 Å². The molecule has 0 spiro atoms. The Labute approximate surface area is 176 Å². The summed E-state index contributed by atoms with van der Waals surface area (Å²) in [6, 6.07) is 8.63. The number of amides is 1. The van der Waals surface area contributed by atoms with Gasteiger partial charge in [-0.3, -0.25) is 9.78 Å². The average Bonchev–Trinajstić information content (AvgIpc) is 3.32. The maximum atomic E-state index is 13.2. The van der Waals surface area contributed by atoms with Gasteiger partial charge >= 0.3 is 0 Å². The molecule has 2 aromatic rings. The minimum atomic E-state index is -3.52. The van der Waals surface area contributed by atoms with E-state index in [1.165, 1.54) is 0 Å². The molecule has 2 bridgehead atoms. The number of rotatable bonds is 5. The van der Waals surface area contributed by atoms with Crippen molar-refractivity contribution >= 4 is 27.7 Å². The summed E-state index contributed by atoms with van der Waals surface area (Å²) in [7, 11) is -3.52.